The predicted octanol–water partition coefficient (Wildman–Crippen LogP) is 5.18. The van der Waals surface area contributed by atoms with Crippen LogP contribution in [0, 0.1) is 11.2 Å². The number of nitrogens with one attached hydrogen (secondary N) is 1. The monoisotopic (exact) mass is 487 g/mol. The Hall–Kier alpha value is -3.71. The van der Waals surface area contributed by atoms with Gasteiger partial charge in [-0.2, -0.15) is 0 Å². The minimum absolute atomic E-state index is 0.0217. The molecule has 0 radical (unpaired) electrons. The summed E-state index contributed by atoms with van der Waals surface area (Å²) >= 11 is 0. The zero-order valence-corrected chi connectivity index (χ0v) is 20.3. The molecule has 7 heteroatoms. The SMILES string of the molecule is COc1cc(C(=O)N2CCC3(CCCC3N)Cc3ccccc32)ccc1NC(=O)c1cccc(F)c1. The maximum absolute atomic E-state index is 13.8. The molecule has 1 aliphatic carbocycles. The van der Waals surface area contributed by atoms with Crippen LogP contribution in [0.2, 0.25) is 0 Å². The average molecular weight is 488 g/mol. The molecule has 2 atom stereocenters. The molecule has 3 aromatic carbocycles. The van der Waals surface area contributed by atoms with E-state index in [4.69, 9.17) is 10.5 Å². The molecule has 3 aromatic rings. The second kappa shape index (κ2) is 9.74. The lowest BCUT2D eigenvalue weighted by molar-refractivity contribution is 0.0982. The van der Waals surface area contributed by atoms with Gasteiger partial charge in [0.1, 0.15) is 11.6 Å². The van der Waals surface area contributed by atoms with Crippen molar-refractivity contribution in [2.24, 2.45) is 11.1 Å². The number of amides is 2. The van der Waals surface area contributed by atoms with Crippen molar-refractivity contribution in [3.8, 4) is 5.75 Å². The van der Waals surface area contributed by atoms with Crippen LogP contribution in [0.3, 0.4) is 0 Å². The minimum atomic E-state index is -0.492. The Morgan fingerprint density at radius 1 is 1.06 bits per heavy atom. The molecule has 1 saturated carbocycles. The second-order valence-corrected chi connectivity index (χ2v) is 9.75. The van der Waals surface area contributed by atoms with Gasteiger partial charge in [0.05, 0.1) is 12.8 Å². The summed E-state index contributed by atoms with van der Waals surface area (Å²) in [6, 6.07) is 18.6. The number of hydrogen-bond donors (Lipinski definition) is 2. The lowest BCUT2D eigenvalue weighted by Gasteiger charge is -2.32. The highest BCUT2D eigenvalue weighted by Crippen LogP contribution is 2.47. The molecule has 1 heterocycles. The Labute approximate surface area is 210 Å². The third kappa shape index (κ3) is 4.46. The van der Waals surface area contributed by atoms with E-state index in [1.54, 1.807) is 18.2 Å². The molecule has 186 valence electrons. The molecule has 6 nitrogen and oxygen atoms in total. The lowest BCUT2D eigenvalue weighted by Crippen LogP contribution is -2.40. The highest BCUT2D eigenvalue weighted by molar-refractivity contribution is 6.08. The van der Waals surface area contributed by atoms with Gasteiger partial charge < -0.3 is 20.7 Å². The number of carbonyl (C=O) groups excluding carboxylic acids is 2. The Morgan fingerprint density at radius 3 is 2.64 bits per heavy atom. The van der Waals surface area contributed by atoms with Crippen LogP contribution < -0.4 is 20.7 Å². The Morgan fingerprint density at radius 2 is 1.89 bits per heavy atom. The average Bonchev–Trinajstić information content (AvgIpc) is 3.14. The van der Waals surface area contributed by atoms with E-state index in [2.05, 4.69) is 11.4 Å². The number of methoxy groups -OCH3 is 1. The molecule has 1 fully saturated rings. The van der Waals surface area contributed by atoms with Gasteiger partial charge in [-0.1, -0.05) is 30.7 Å². The van der Waals surface area contributed by atoms with Crippen molar-refractivity contribution in [2.45, 2.75) is 38.1 Å². The van der Waals surface area contributed by atoms with Gasteiger partial charge in [0, 0.05) is 29.4 Å². The molecule has 1 spiro atoms. The number of halogens is 1. The first-order valence-corrected chi connectivity index (χ1v) is 12.3. The maximum Gasteiger partial charge on any atom is 0.258 e. The third-order valence-electron chi connectivity index (χ3n) is 7.66. The van der Waals surface area contributed by atoms with Crippen molar-refractivity contribution >= 4 is 23.2 Å². The van der Waals surface area contributed by atoms with Crippen LogP contribution >= 0.6 is 0 Å². The summed E-state index contributed by atoms with van der Waals surface area (Å²) in [5.41, 5.74) is 9.70. The van der Waals surface area contributed by atoms with Gasteiger partial charge in [-0.25, -0.2) is 4.39 Å². The Bertz CT molecular complexity index is 1310. The van der Waals surface area contributed by atoms with E-state index in [1.165, 1.54) is 31.4 Å². The first kappa shape index (κ1) is 24.0. The van der Waals surface area contributed by atoms with E-state index in [0.717, 1.165) is 43.4 Å². The number of anilines is 2. The number of ether oxygens (including phenoxy) is 1. The van der Waals surface area contributed by atoms with Crippen molar-refractivity contribution in [1.29, 1.82) is 0 Å². The van der Waals surface area contributed by atoms with Crippen molar-refractivity contribution in [3.05, 3.63) is 89.2 Å². The van der Waals surface area contributed by atoms with Crippen molar-refractivity contribution in [2.75, 3.05) is 23.9 Å². The van der Waals surface area contributed by atoms with Crippen molar-refractivity contribution in [3.63, 3.8) is 0 Å². The first-order valence-electron chi connectivity index (χ1n) is 12.3. The second-order valence-electron chi connectivity index (χ2n) is 9.75. The third-order valence-corrected chi connectivity index (χ3v) is 7.66. The molecule has 5 rings (SSSR count). The molecular weight excluding hydrogens is 457 g/mol. The largest absolute Gasteiger partial charge is 0.495 e. The fourth-order valence-corrected chi connectivity index (χ4v) is 5.66. The number of para-hydroxylation sites is 1. The molecule has 1 aliphatic heterocycles. The summed E-state index contributed by atoms with van der Waals surface area (Å²) in [5, 5.41) is 2.74. The molecule has 2 aliphatic rings. The van der Waals surface area contributed by atoms with E-state index in [0.29, 0.717) is 23.5 Å². The van der Waals surface area contributed by atoms with Gasteiger partial charge in [-0.3, -0.25) is 9.59 Å². The van der Waals surface area contributed by atoms with E-state index in [-0.39, 0.29) is 22.9 Å². The molecular formula is C29H30FN3O3. The summed E-state index contributed by atoms with van der Waals surface area (Å²) < 4.78 is 19.0. The zero-order valence-electron chi connectivity index (χ0n) is 20.3. The maximum atomic E-state index is 13.8. The number of nitrogens with two attached hydrogens (primary N) is 1. The summed E-state index contributed by atoms with van der Waals surface area (Å²) in [6.45, 7) is 0.587. The highest BCUT2D eigenvalue weighted by atomic mass is 19.1. The summed E-state index contributed by atoms with van der Waals surface area (Å²) in [5.74, 6) is -0.740. The standard InChI is InChI=1S/C29H30FN3O3/c1-36-25-17-20(11-12-23(25)32-27(34)19-7-4-8-22(30)16-19)28(35)33-15-14-29(13-5-10-26(29)31)18-21-6-2-3-9-24(21)33/h2-4,6-9,11-12,16-17,26H,5,10,13-15,18,31H2,1H3,(H,32,34). The molecule has 0 aromatic heterocycles. The van der Waals surface area contributed by atoms with Crippen LogP contribution in [0.5, 0.6) is 5.75 Å². The molecule has 0 bridgehead atoms. The van der Waals surface area contributed by atoms with Gasteiger partial charge in [0.15, 0.2) is 0 Å². The highest BCUT2D eigenvalue weighted by Gasteiger charge is 2.43. The predicted molar refractivity (Wildman–Crippen MR) is 138 cm³/mol. The number of carbonyl (C=O) groups is 2. The molecule has 2 amide bonds. The number of hydrogen-bond acceptors (Lipinski definition) is 4. The fourth-order valence-electron chi connectivity index (χ4n) is 5.66. The quantitative estimate of drug-likeness (QED) is 0.531. The van der Waals surface area contributed by atoms with E-state index >= 15 is 0 Å². The van der Waals surface area contributed by atoms with Gasteiger partial charge in [0.2, 0.25) is 0 Å². The van der Waals surface area contributed by atoms with E-state index < -0.39 is 11.7 Å². The van der Waals surface area contributed by atoms with E-state index in [1.807, 2.05) is 23.1 Å². The molecule has 2 unspecified atom stereocenters. The van der Waals surface area contributed by atoms with Gasteiger partial charge in [-0.15, -0.1) is 0 Å². The van der Waals surface area contributed by atoms with Gasteiger partial charge in [-0.05, 0) is 79.1 Å². The molecule has 36 heavy (non-hydrogen) atoms. The van der Waals surface area contributed by atoms with Crippen LogP contribution in [0.4, 0.5) is 15.8 Å². The molecule has 3 N–H and O–H groups in total. The smallest absolute Gasteiger partial charge is 0.258 e. The van der Waals surface area contributed by atoms with E-state index in [9.17, 15) is 14.0 Å². The zero-order chi connectivity index (χ0) is 25.3. The number of nitrogens with zero attached hydrogens (tertiary/aromatic N) is 1. The number of fused-ring (bicyclic) bond motifs is 1. The van der Waals surface area contributed by atoms with Crippen LogP contribution in [0.25, 0.3) is 0 Å². The van der Waals surface area contributed by atoms with Crippen LogP contribution in [-0.4, -0.2) is 31.5 Å². The number of rotatable bonds is 4. The number of benzene rings is 3. The van der Waals surface area contributed by atoms with Crippen molar-refractivity contribution in [1.82, 2.24) is 0 Å². The van der Waals surface area contributed by atoms with Crippen LogP contribution in [-0.2, 0) is 6.42 Å². The van der Waals surface area contributed by atoms with Gasteiger partial charge in [0.25, 0.3) is 11.8 Å². The van der Waals surface area contributed by atoms with Crippen LogP contribution in [0.15, 0.2) is 66.7 Å². The summed E-state index contributed by atoms with van der Waals surface area (Å²) in [4.78, 5) is 28.2. The van der Waals surface area contributed by atoms with Crippen LogP contribution in [0.1, 0.15) is 52.0 Å². The first-order chi connectivity index (χ1) is 17.4. The topological polar surface area (TPSA) is 84.7 Å². The van der Waals surface area contributed by atoms with Crippen molar-refractivity contribution < 1.29 is 18.7 Å². The van der Waals surface area contributed by atoms with Gasteiger partial charge >= 0.3 is 0 Å². The Balaban J connectivity index is 1.42. The normalized spacial score (nSPS) is 21.1. The minimum Gasteiger partial charge on any atom is -0.495 e. The summed E-state index contributed by atoms with van der Waals surface area (Å²) in [7, 11) is 1.48. The molecule has 0 saturated heterocycles. The fraction of sp³-hybridized carbons (Fsp3) is 0.310. The lowest BCUT2D eigenvalue weighted by atomic mass is 9.75. The summed E-state index contributed by atoms with van der Waals surface area (Å²) in [6.07, 6.45) is 4.96. The Kier molecular flexibility index (Phi) is 6.49.